The van der Waals surface area contributed by atoms with E-state index in [0.29, 0.717) is 66.6 Å². The summed E-state index contributed by atoms with van der Waals surface area (Å²) in [6, 6.07) is 6.34. The van der Waals surface area contributed by atoms with Crippen molar-refractivity contribution in [3.05, 3.63) is 53.5 Å². The number of nitrogens with two attached hydrogens (primary N) is 1. The van der Waals surface area contributed by atoms with Gasteiger partial charge in [0.25, 0.3) is 11.8 Å². The average Bonchev–Trinajstić information content (AvgIpc) is 3.60. The van der Waals surface area contributed by atoms with Gasteiger partial charge >= 0.3 is 0 Å². The zero-order chi connectivity index (χ0) is 31.3. The van der Waals surface area contributed by atoms with Crippen LogP contribution in [0.15, 0.2) is 36.8 Å². The molecule has 1 unspecified atom stereocenters. The number of aliphatic hydroxyl groups is 2. The summed E-state index contributed by atoms with van der Waals surface area (Å²) in [5.41, 5.74) is 8.11. The van der Waals surface area contributed by atoms with Gasteiger partial charge in [0.2, 0.25) is 0 Å². The summed E-state index contributed by atoms with van der Waals surface area (Å²) in [6.07, 6.45) is 5.56. The summed E-state index contributed by atoms with van der Waals surface area (Å²) in [6.45, 7) is 2.22. The van der Waals surface area contributed by atoms with Crippen LogP contribution in [0.1, 0.15) is 64.6 Å². The van der Waals surface area contributed by atoms with E-state index in [1.165, 1.54) is 6.33 Å². The van der Waals surface area contributed by atoms with Crippen LogP contribution in [0, 0.1) is 0 Å². The van der Waals surface area contributed by atoms with E-state index in [2.05, 4.69) is 20.6 Å². The molecule has 1 aromatic carbocycles. The minimum Gasteiger partial charge on any atom is -0.394 e. The van der Waals surface area contributed by atoms with E-state index in [-0.39, 0.29) is 37.2 Å². The highest BCUT2D eigenvalue weighted by Crippen LogP contribution is 2.34. The Morgan fingerprint density at radius 2 is 1.68 bits per heavy atom. The second-order valence-corrected chi connectivity index (χ2v) is 10.9. The molecule has 0 radical (unpaired) electrons. The number of halogens is 1. The summed E-state index contributed by atoms with van der Waals surface area (Å²) in [5.74, 6) is 0.343. The summed E-state index contributed by atoms with van der Waals surface area (Å²) in [7, 11) is 0. The van der Waals surface area contributed by atoms with Crippen molar-refractivity contribution in [2.24, 2.45) is 0 Å². The van der Waals surface area contributed by atoms with E-state index in [9.17, 15) is 19.8 Å². The number of nitrogens with zero attached hydrogens (tertiary/aromatic N) is 3. The number of fused-ring (bicyclic) bond motifs is 1. The maximum absolute atomic E-state index is 12.9. The van der Waals surface area contributed by atoms with Crippen molar-refractivity contribution in [1.82, 2.24) is 25.2 Å². The predicted octanol–water partition coefficient (Wildman–Crippen LogP) is 2.15. The number of hydrogen-bond acceptors (Lipinski definition) is 10. The number of carbonyl (C=O) groups is 2. The van der Waals surface area contributed by atoms with Crippen LogP contribution in [0.5, 0.6) is 0 Å². The van der Waals surface area contributed by atoms with Crippen molar-refractivity contribution in [1.29, 1.82) is 0 Å². The number of unbranched alkanes of at least 4 members (excludes halogenated alkanes) is 3. The molecule has 0 saturated carbocycles. The van der Waals surface area contributed by atoms with Crippen molar-refractivity contribution >= 4 is 40.3 Å². The summed E-state index contributed by atoms with van der Waals surface area (Å²) in [4.78, 5) is 33.8. The molecule has 4 rings (SSSR count). The molecule has 1 aliphatic rings. The first-order valence-electron chi connectivity index (χ1n) is 14.8. The zero-order valence-electron chi connectivity index (χ0n) is 24.6. The first kappa shape index (κ1) is 33.6. The second-order valence-electron chi connectivity index (χ2n) is 10.5. The molecule has 0 bridgehead atoms. The smallest absolute Gasteiger partial charge is 0.251 e. The number of anilines is 1. The van der Waals surface area contributed by atoms with Gasteiger partial charge in [0.1, 0.15) is 30.1 Å². The molecule has 14 heteroatoms. The van der Waals surface area contributed by atoms with E-state index >= 15 is 0 Å². The fourth-order valence-corrected chi connectivity index (χ4v) is 5.14. The minimum atomic E-state index is -0.820. The van der Waals surface area contributed by atoms with Crippen LogP contribution in [0.4, 0.5) is 5.82 Å². The number of hydrogen-bond donors (Lipinski definition) is 5. The molecule has 6 N–H and O–H groups in total. The first-order chi connectivity index (χ1) is 21.4. The Hall–Kier alpha value is -3.33. The number of rotatable bonds is 18. The lowest BCUT2D eigenvalue weighted by Gasteiger charge is -2.14. The number of aliphatic hydroxyl groups excluding tert-OH is 2. The maximum Gasteiger partial charge on any atom is 0.251 e. The third kappa shape index (κ3) is 9.10. The van der Waals surface area contributed by atoms with E-state index in [4.69, 9.17) is 31.5 Å². The molecule has 3 atom stereocenters. The van der Waals surface area contributed by atoms with Gasteiger partial charge in [0, 0.05) is 54.9 Å². The van der Waals surface area contributed by atoms with Gasteiger partial charge in [-0.3, -0.25) is 9.59 Å². The molecule has 1 fully saturated rings. The molecule has 0 spiro atoms. The van der Waals surface area contributed by atoms with Crippen LogP contribution < -0.4 is 16.4 Å². The van der Waals surface area contributed by atoms with Gasteiger partial charge < -0.3 is 45.4 Å². The molecule has 2 aromatic heterocycles. The summed E-state index contributed by atoms with van der Waals surface area (Å²) in [5, 5.41) is 25.9. The van der Waals surface area contributed by atoms with Crippen LogP contribution in [-0.4, -0.2) is 94.2 Å². The standard InChI is InChI=1S/C30H41ClN6O7/c31-9-3-1-2-4-11-42-13-14-43-12-10-33-29(40)20-5-7-21(8-6-20)30(41)34-16-22-17-37(25-15-23(39)24(18-38)44-25)28-26(22)27(32)35-19-36-28/h5-8,17,19,23-25,38-39H,1-4,9-16,18H2,(H,33,40)(H,34,41)(H2,32,35,36)/t23?,24-,25-/m1/s1. The van der Waals surface area contributed by atoms with Gasteiger partial charge in [-0.1, -0.05) is 12.8 Å². The van der Waals surface area contributed by atoms with E-state index in [1.807, 2.05) is 0 Å². The Bertz CT molecular complexity index is 1360. The van der Waals surface area contributed by atoms with Gasteiger partial charge in [0.05, 0.1) is 37.9 Å². The van der Waals surface area contributed by atoms with Gasteiger partial charge in [0.15, 0.2) is 0 Å². The van der Waals surface area contributed by atoms with Crippen molar-refractivity contribution < 1.29 is 34.0 Å². The maximum atomic E-state index is 12.9. The van der Waals surface area contributed by atoms with Crippen LogP contribution >= 0.6 is 11.6 Å². The number of carbonyl (C=O) groups excluding carboxylic acids is 2. The van der Waals surface area contributed by atoms with Gasteiger partial charge in [-0.2, -0.15) is 0 Å². The molecule has 13 nitrogen and oxygen atoms in total. The van der Waals surface area contributed by atoms with Crippen LogP contribution in [0.3, 0.4) is 0 Å². The Morgan fingerprint density at radius 3 is 2.36 bits per heavy atom. The van der Waals surface area contributed by atoms with Crippen molar-refractivity contribution in [2.75, 3.05) is 51.2 Å². The number of benzene rings is 1. The molecule has 240 valence electrons. The molecular formula is C30H41ClN6O7. The lowest BCUT2D eigenvalue weighted by molar-refractivity contribution is -0.0430. The number of aromatic nitrogens is 3. The Balaban J connectivity index is 1.21. The van der Waals surface area contributed by atoms with Crippen molar-refractivity contribution in [2.45, 2.75) is 57.1 Å². The highest BCUT2D eigenvalue weighted by Gasteiger charge is 2.35. The SMILES string of the molecule is Nc1ncnc2c1c(CNC(=O)c1ccc(C(=O)NCCOCCOCCCCCCCl)cc1)cn2[C@H]1CC(O)[C@@H](CO)O1. The number of amides is 2. The lowest BCUT2D eigenvalue weighted by atomic mass is 10.1. The normalized spacial score (nSPS) is 18.1. The van der Waals surface area contributed by atoms with Crippen LogP contribution in [-0.2, 0) is 20.8 Å². The van der Waals surface area contributed by atoms with E-state index in [1.54, 1.807) is 35.0 Å². The second kappa shape index (κ2) is 17.2. The van der Waals surface area contributed by atoms with Crippen LogP contribution in [0.2, 0.25) is 0 Å². The Morgan fingerprint density at radius 1 is 1.00 bits per heavy atom. The monoisotopic (exact) mass is 632 g/mol. The van der Waals surface area contributed by atoms with Crippen LogP contribution in [0.25, 0.3) is 11.0 Å². The fraction of sp³-hybridized carbons (Fsp3) is 0.533. The number of alkyl halides is 1. The summed E-state index contributed by atoms with van der Waals surface area (Å²) < 4.78 is 18.6. The third-order valence-electron chi connectivity index (χ3n) is 7.34. The molecule has 0 aliphatic carbocycles. The molecule has 1 aliphatic heterocycles. The van der Waals surface area contributed by atoms with E-state index in [0.717, 1.165) is 25.7 Å². The quantitative estimate of drug-likeness (QED) is 0.103. The summed E-state index contributed by atoms with van der Waals surface area (Å²) >= 11 is 5.66. The zero-order valence-corrected chi connectivity index (χ0v) is 25.4. The predicted molar refractivity (Wildman–Crippen MR) is 164 cm³/mol. The largest absolute Gasteiger partial charge is 0.394 e. The van der Waals surface area contributed by atoms with E-state index < -0.39 is 18.4 Å². The third-order valence-corrected chi connectivity index (χ3v) is 7.60. The van der Waals surface area contributed by atoms with Gasteiger partial charge in [-0.25, -0.2) is 9.97 Å². The average molecular weight is 633 g/mol. The molecule has 2 amide bonds. The highest BCUT2D eigenvalue weighted by molar-refractivity contribution is 6.17. The number of ether oxygens (including phenoxy) is 3. The fourth-order valence-electron chi connectivity index (χ4n) is 4.95. The first-order valence-corrected chi connectivity index (χ1v) is 15.4. The Labute approximate surface area is 261 Å². The van der Waals surface area contributed by atoms with Gasteiger partial charge in [-0.05, 0) is 37.1 Å². The number of nitrogens with one attached hydrogen (secondary N) is 2. The lowest BCUT2D eigenvalue weighted by Crippen LogP contribution is -2.28. The highest BCUT2D eigenvalue weighted by atomic mass is 35.5. The molecule has 44 heavy (non-hydrogen) atoms. The molecule has 3 heterocycles. The Kier molecular flexibility index (Phi) is 13.1. The van der Waals surface area contributed by atoms with Crippen molar-refractivity contribution in [3.8, 4) is 0 Å². The molecular weight excluding hydrogens is 592 g/mol. The minimum absolute atomic E-state index is 0.125. The number of nitrogen functional groups attached to an aromatic ring is 1. The molecule has 1 saturated heterocycles. The molecule has 3 aromatic rings. The van der Waals surface area contributed by atoms with Crippen molar-refractivity contribution in [3.63, 3.8) is 0 Å². The van der Waals surface area contributed by atoms with Gasteiger partial charge in [-0.15, -0.1) is 11.6 Å². The topological polar surface area (TPSA) is 183 Å².